The molecule has 0 aliphatic carbocycles. The van der Waals surface area contributed by atoms with E-state index in [1.165, 1.54) is 12.3 Å². The highest BCUT2D eigenvalue weighted by atomic mass is 19.1. The summed E-state index contributed by atoms with van der Waals surface area (Å²) in [7, 11) is 0. The molecule has 0 aromatic carbocycles. The molecule has 1 atom stereocenters. The fraction of sp³-hybridized carbons (Fsp3) is 0.308. The topological polar surface area (TPSA) is 75.1 Å². The van der Waals surface area contributed by atoms with Gasteiger partial charge in [0.1, 0.15) is 17.4 Å². The van der Waals surface area contributed by atoms with E-state index in [2.05, 4.69) is 15.3 Å². The lowest BCUT2D eigenvalue weighted by atomic mass is 10.1. The molecule has 0 spiro atoms. The molecule has 2 aromatic rings. The Hall–Kier alpha value is -2.24. The van der Waals surface area contributed by atoms with Gasteiger partial charge in [-0.3, -0.25) is 4.98 Å². The Bertz CT molecular complexity index is 603. The first-order valence-corrected chi connectivity index (χ1v) is 6.01. The number of aromatic nitrogens is 2. The fourth-order valence-electron chi connectivity index (χ4n) is 1.86. The first-order valence-electron chi connectivity index (χ1n) is 6.01. The monoisotopic (exact) mass is 263 g/mol. The maximum absolute atomic E-state index is 13.1. The molecule has 5 nitrogen and oxygen atoms in total. The van der Waals surface area contributed by atoms with Crippen molar-refractivity contribution in [2.75, 3.05) is 5.32 Å². The van der Waals surface area contributed by atoms with Crippen molar-refractivity contribution >= 4 is 22.7 Å². The highest BCUT2D eigenvalue weighted by Crippen LogP contribution is 2.21. The molecule has 0 amide bonds. The normalized spacial score (nSPS) is 12.3. The van der Waals surface area contributed by atoms with Gasteiger partial charge in [-0.1, -0.05) is 13.3 Å². The number of aliphatic carboxylic acids is 1. The van der Waals surface area contributed by atoms with Crippen LogP contribution in [0.1, 0.15) is 19.8 Å². The molecular formula is C13H14FN3O2. The average molecular weight is 263 g/mol. The molecule has 6 heteroatoms. The second-order valence-electron chi connectivity index (χ2n) is 4.20. The van der Waals surface area contributed by atoms with Crippen molar-refractivity contribution in [3.05, 3.63) is 30.3 Å². The molecule has 19 heavy (non-hydrogen) atoms. The van der Waals surface area contributed by atoms with Crippen LogP contribution in [0.2, 0.25) is 0 Å². The van der Waals surface area contributed by atoms with E-state index >= 15 is 0 Å². The SMILES string of the molecule is CCCC(Nc1ccnc2cc(F)cnc12)C(=O)O. The van der Waals surface area contributed by atoms with Crippen molar-refractivity contribution in [3.63, 3.8) is 0 Å². The Balaban J connectivity index is 2.36. The highest BCUT2D eigenvalue weighted by Gasteiger charge is 2.17. The molecule has 0 radical (unpaired) electrons. The zero-order valence-corrected chi connectivity index (χ0v) is 10.4. The van der Waals surface area contributed by atoms with E-state index < -0.39 is 17.8 Å². The van der Waals surface area contributed by atoms with Gasteiger partial charge in [0.05, 0.1) is 17.4 Å². The van der Waals surface area contributed by atoms with Gasteiger partial charge in [-0.15, -0.1) is 0 Å². The third-order valence-corrected chi connectivity index (χ3v) is 2.75. The van der Waals surface area contributed by atoms with Gasteiger partial charge in [-0.2, -0.15) is 0 Å². The lowest BCUT2D eigenvalue weighted by Crippen LogP contribution is -2.29. The Labute approximate surface area is 109 Å². The molecule has 2 N–H and O–H groups in total. The summed E-state index contributed by atoms with van der Waals surface area (Å²) in [5.41, 5.74) is 1.41. The van der Waals surface area contributed by atoms with Gasteiger partial charge in [0.15, 0.2) is 0 Å². The number of anilines is 1. The number of hydrogen-bond donors (Lipinski definition) is 2. The summed E-state index contributed by atoms with van der Waals surface area (Å²) in [5, 5.41) is 12.0. The van der Waals surface area contributed by atoms with Gasteiger partial charge in [0.25, 0.3) is 0 Å². The molecule has 2 heterocycles. The largest absolute Gasteiger partial charge is 0.480 e. The van der Waals surface area contributed by atoms with Gasteiger partial charge >= 0.3 is 5.97 Å². The Morgan fingerprint density at radius 2 is 2.32 bits per heavy atom. The molecule has 0 aliphatic heterocycles. The molecular weight excluding hydrogens is 249 g/mol. The molecule has 2 aromatic heterocycles. The molecule has 0 fully saturated rings. The van der Waals surface area contributed by atoms with Crippen molar-refractivity contribution in [3.8, 4) is 0 Å². The summed E-state index contributed by atoms with van der Waals surface area (Å²) >= 11 is 0. The predicted molar refractivity (Wildman–Crippen MR) is 69.5 cm³/mol. The summed E-state index contributed by atoms with van der Waals surface area (Å²) in [6.45, 7) is 1.91. The van der Waals surface area contributed by atoms with Crippen LogP contribution in [-0.4, -0.2) is 27.1 Å². The Morgan fingerprint density at radius 3 is 3.00 bits per heavy atom. The van der Waals surface area contributed by atoms with Crippen LogP contribution in [-0.2, 0) is 4.79 Å². The van der Waals surface area contributed by atoms with Crippen LogP contribution in [0.3, 0.4) is 0 Å². The number of carboxylic acid groups (broad SMARTS) is 1. The van der Waals surface area contributed by atoms with Crippen LogP contribution < -0.4 is 5.32 Å². The third kappa shape index (κ3) is 2.96. The molecule has 0 bridgehead atoms. The van der Waals surface area contributed by atoms with E-state index in [0.717, 1.165) is 12.6 Å². The number of halogens is 1. The molecule has 2 rings (SSSR count). The van der Waals surface area contributed by atoms with E-state index in [1.807, 2.05) is 6.92 Å². The second-order valence-corrected chi connectivity index (χ2v) is 4.20. The molecule has 0 saturated heterocycles. The maximum atomic E-state index is 13.1. The number of pyridine rings is 2. The van der Waals surface area contributed by atoms with Gasteiger partial charge < -0.3 is 10.4 Å². The van der Waals surface area contributed by atoms with E-state index in [0.29, 0.717) is 23.1 Å². The van der Waals surface area contributed by atoms with E-state index in [9.17, 15) is 9.18 Å². The van der Waals surface area contributed by atoms with Gasteiger partial charge in [0, 0.05) is 12.3 Å². The summed E-state index contributed by atoms with van der Waals surface area (Å²) in [6.07, 6.45) is 3.83. The molecule has 100 valence electrons. The minimum absolute atomic E-state index is 0.394. The summed E-state index contributed by atoms with van der Waals surface area (Å²) < 4.78 is 13.1. The first kappa shape index (κ1) is 13.2. The van der Waals surface area contributed by atoms with E-state index in [1.54, 1.807) is 6.07 Å². The van der Waals surface area contributed by atoms with E-state index in [4.69, 9.17) is 5.11 Å². The third-order valence-electron chi connectivity index (χ3n) is 2.75. The summed E-state index contributed by atoms with van der Waals surface area (Å²) in [4.78, 5) is 19.1. The van der Waals surface area contributed by atoms with Crippen LogP contribution in [0.5, 0.6) is 0 Å². The lowest BCUT2D eigenvalue weighted by Gasteiger charge is -2.15. The minimum atomic E-state index is -0.922. The number of rotatable bonds is 5. The van der Waals surface area contributed by atoms with Gasteiger partial charge in [0.2, 0.25) is 0 Å². The smallest absolute Gasteiger partial charge is 0.326 e. The van der Waals surface area contributed by atoms with Crippen LogP contribution in [0, 0.1) is 5.82 Å². The Morgan fingerprint density at radius 1 is 1.53 bits per heavy atom. The van der Waals surface area contributed by atoms with Crippen molar-refractivity contribution in [2.24, 2.45) is 0 Å². The zero-order chi connectivity index (χ0) is 13.8. The first-order chi connectivity index (χ1) is 9.11. The van der Waals surface area contributed by atoms with Crippen molar-refractivity contribution in [1.82, 2.24) is 9.97 Å². The molecule has 1 unspecified atom stereocenters. The Kier molecular flexibility index (Phi) is 3.89. The van der Waals surface area contributed by atoms with Gasteiger partial charge in [-0.05, 0) is 12.5 Å². The zero-order valence-electron chi connectivity index (χ0n) is 10.4. The summed E-state index contributed by atoms with van der Waals surface area (Å²) in [6, 6.07) is 2.21. The standard InChI is InChI=1S/C13H14FN3O2/c1-2-3-10(13(18)19)17-9-4-5-15-11-6-8(14)7-16-12(9)11/h4-7,10H,2-3H2,1H3,(H,15,17)(H,18,19). The molecule has 0 aliphatic rings. The van der Waals surface area contributed by atoms with Crippen molar-refractivity contribution < 1.29 is 14.3 Å². The van der Waals surface area contributed by atoms with Crippen LogP contribution in [0.4, 0.5) is 10.1 Å². The fourth-order valence-corrected chi connectivity index (χ4v) is 1.86. The quantitative estimate of drug-likeness (QED) is 0.866. The predicted octanol–water partition coefficient (Wildman–Crippen LogP) is 2.43. The van der Waals surface area contributed by atoms with Crippen LogP contribution >= 0.6 is 0 Å². The van der Waals surface area contributed by atoms with Crippen LogP contribution in [0.15, 0.2) is 24.5 Å². The number of fused-ring (bicyclic) bond motifs is 1. The number of hydrogen-bond acceptors (Lipinski definition) is 4. The second kappa shape index (κ2) is 5.60. The van der Waals surface area contributed by atoms with Gasteiger partial charge in [-0.25, -0.2) is 14.2 Å². The van der Waals surface area contributed by atoms with Crippen molar-refractivity contribution in [1.29, 1.82) is 0 Å². The highest BCUT2D eigenvalue weighted by molar-refractivity contribution is 5.89. The molecule has 0 saturated carbocycles. The van der Waals surface area contributed by atoms with Crippen molar-refractivity contribution in [2.45, 2.75) is 25.8 Å². The maximum Gasteiger partial charge on any atom is 0.326 e. The number of carboxylic acids is 1. The van der Waals surface area contributed by atoms with E-state index in [-0.39, 0.29) is 0 Å². The lowest BCUT2D eigenvalue weighted by molar-refractivity contribution is -0.138. The van der Waals surface area contributed by atoms with Crippen LogP contribution in [0.25, 0.3) is 11.0 Å². The minimum Gasteiger partial charge on any atom is -0.480 e. The number of nitrogens with one attached hydrogen (secondary N) is 1. The number of carbonyl (C=O) groups is 1. The average Bonchev–Trinajstić information content (AvgIpc) is 2.37. The number of nitrogens with zero attached hydrogens (tertiary/aromatic N) is 2. The summed E-state index contributed by atoms with van der Waals surface area (Å²) in [5.74, 6) is -1.39.